The summed E-state index contributed by atoms with van der Waals surface area (Å²) in [5.74, 6) is -3.54. The van der Waals surface area contributed by atoms with E-state index in [9.17, 15) is 19.8 Å². The van der Waals surface area contributed by atoms with Crippen LogP contribution in [0.2, 0.25) is 18.1 Å². The van der Waals surface area contributed by atoms with Crippen molar-refractivity contribution in [2.45, 2.75) is 69.9 Å². The predicted octanol–water partition coefficient (Wildman–Crippen LogP) is 1.93. The Morgan fingerprint density at radius 1 is 1.29 bits per heavy atom. The standard InChI is InChI=1S/C19H32O8Si/c1-8-25-16-11-9-10-19(23,17(22)24-5)12(11)13(14(26-16)15(20)21)27-28(6,7)18(2,3)4/h9-14,16,23H,8H2,1-7H3,(H,20,21)/t11-,12+,13+,14-,16-,19-/m0/s1. The van der Waals surface area contributed by atoms with Gasteiger partial charge in [0.2, 0.25) is 0 Å². The number of rotatable bonds is 6. The van der Waals surface area contributed by atoms with Crippen LogP contribution in [0.25, 0.3) is 0 Å². The molecule has 0 aromatic rings. The summed E-state index contributed by atoms with van der Waals surface area (Å²) in [6, 6.07) is 0. The van der Waals surface area contributed by atoms with Crippen LogP contribution in [0.5, 0.6) is 0 Å². The fraction of sp³-hybridized carbons (Fsp3) is 0.789. The summed E-state index contributed by atoms with van der Waals surface area (Å²) >= 11 is 0. The van der Waals surface area contributed by atoms with E-state index in [4.69, 9.17) is 18.6 Å². The number of hydrogen-bond donors (Lipinski definition) is 2. The first-order chi connectivity index (χ1) is 12.8. The lowest BCUT2D eigenvalue weighted by molar-refractivity contribution is -0.267. The molecule has 1 aliphatic heterocycles. The fourth-order valence-corrected chi connectivity index (χ4v) is 4.85. The molecule has 1 aliphatic carbocycles. The average molecular weight is 417 g/mol. The normalized spacial score (nSPS) is 35.5. The molecule has 0 unspecified atom stereocenters. The van der Waals surface area contributed by atoms with Gasteiger partial charge in [-0.1, -0.05) is 26.8 Å². The first kappa shape index (κ1) is 23.0. The van der Waals surface area contributed by atoms with E-state index in [1.165, 1.54) is 13.2 Å². The third-order valence-corrected chi connectivity index (χ3v) is 10.5. The lowest BCUT2D eigenvalue weighted by atomic mass is 9.76. The number of carboxylic acids is 1. The van der Waals surface area contributed by atoms with Crippen molar-refractivity contribution in [2.75, 3.05) is 13.7 Å². The molecule has 1 heterocycles. The van der Waals surface area contributed by atoms with Crippen molar-refractivity contribution in [1.82, 2.24) is 0 Å². The summed E-state index contributed by atoms with van der Waals surface area (Å²) in [7, 11) is -1.28. The van der Waals surface area contributed by atoms with Crippen molar-refractivity contribution in [3.05, 3.63) is 12.2 Å². The van der Waals surface area contributed by atoms with Crippen molar-refractivity contribution in [3.63, 3.8) is 0 Å². The molecular formula is C19H32O8Si. The highest BCUT2D eigenvalue weighted by Gasteiger charge is 2.63. The minimum absolute atomic E-state index is 0.211. The summed E-state index contributed by atoms with van der Waals surface area (Å²) in [4.78, 5) is 24.5. The molecule has 0 bridgehead atoms. The van der Waals surface area contributed by atoms with Gasteiger partial charge in [0.1, 0.15) is 0 Å². The molecule has 0 amide bonds. The molecule has 2 N–H and O–H groups in total. The minimum Gasteiger partial charge on any atom is -0.479 e. The van der Waals surface area contributed by atoms with Crippen LogP contribution in [0.4, 0.5) is 0 Å². The van der Waals surface area contributed by atoms with Crippen molar-refractivity contribution in [1.29, 1.82) is 0 Å². The SMILES string of the molecule is CCO[C@H]1O[C@H](C(=O)O)[C@H](O[Si](C)(C)C(C)(C)C)[C@H]2[C@@H]1C=C[C@@]2(O)C(=O)OC. The summed E-state index contributed by atoms with van der Waals surface area (Å²) < 4.78 is 22.6. The number of carbonyl (C=O) groups excluding carboxylic acids is 1. The van der Waals surface area contributed by atoms with Gasteiger partial charge in [-0.3, -0.25) is 0 Å². The number of ether oxygens (including phenoxy) is 3. The van der Waals surface area contributed by atoms with Gasteiger partial charge in [0.05, 0.1) is 13.2 Å². The van der Waals surface area contributed by atoms with Crippen LogP contribution in [-0.2, 0) is 28.2 Å². The Morgan fingerprint density at radius 2 is 1.89 bits per heavy atom. The van der Waals surface area contributed by atoms with Gasteiger partial charge in [-0.2, -0.15) is 0 Å². The van der Waals surface area contributed by atoms with E-state index in [0.29, 0.717) is 6.61 Å². The third kappa shape index (κ3) is 3.91. The molecule has 8 nitrogen and oxygen atoms in total. The van der Waals surface area contributed by atoms with Crippen molar-refractivity contribution in [3.8, 4) is 0 Å². The first-order valence-corrected chi connectivity index (χ1v) is 12.4. The van der Waals surface area contributed by atoms with E-state index >= 15 is 0 Å². The van der Waals surface area contributed by atoms with Gasteiger partial charge < -0.3 is 28.8 Å². The smallest absolute Gasteiger partial charge is 0.342 e. The molecule has 0 aromatic carbocycles. The number of carbonyl (C=O) groups is 2. The van der Waals surface area contributed by atoms with E-state index in [2.05, 4.69) is 0 Å². The molecule has 6 atom stereocenters. The van der Waals surface area contributed by atoms with E-state index in [1.54, 1.807) is 13.0 Å². The zero-order valence-corrected chi connectivity index (χ0v) is 18.6. The number of aliphatic hydroxyl groups is 1. The molecule has 28 heavy (non-hydrogen) atoms. The number of hydrogen-bond acceptors (Lipinski definition) is 7. The van der Waals surface area contributed by atoms with Gasteiger partial charge in [-0.25, -0.2) is 9.59 Å². The van der Waals surface area contributed by atoms with Gasteiger partial charge in [-0.15, -0.1) is 0 Å². The maximum absolute atomic E-state index is 12.4. The number of fused-ring (bicyclic) bond motifs is 1. The third-order valence-electron chi connectivity index (χ3n) is 6.07. The van der Waals surface area contributed by atoms with Crippen LogP contribution in [-0.4, -0.2) is 68.3 Å². The molecular weight excluding hydrogens is 384 g/mol. The zero-order chi connectivity index (χ0) is 21.5. The molecule has 1 fully saturated rings. The van der Waals surface area contributed by atoms with Crippen molar-refractivity contribution >= 4 is 20.3 Å². The lowest BCUT2D eigenvalue weighted by Crippen LogP contribution is -2.64. The Bertz CT molecular complexity index is 640. The lowest BCUT2D eigenvalue weighted by Gasteiger charge is -2.49. The quantitative estimate of drug-likeness (QED) is 0.384. The van der Waals surface area contributed by atoms with Crippen LogP contribution < -0.4 is 0 Å². The minimum atomic E-state index is -2.46. The summed E-state index contributed by atoms with van der Waals surface area (Å²) in [6.07, 6.45) is -0.370. The monoisotopic (exact) mass is 416 g/mol. The van der Waals surface area contributed by atoms with E-state index in [1.807, 2.05) is 33.9 Å². The summed E-state index contributed by atoms with van der Waals surface area (Å²) in [5.41, 5.74) is -2.01. The molecule has 160 valence electrons. The highest BCUT2D eigenvalue weighted by Crippen LogP contribution is 2.49. The number of methoxy groups -OCH3 is 1. The Labute approximate surface area is 166 Å². The van der Waals surface area contributed by atoms with Gasteiger partial charge in [0.25, 0.3) is 0 Å². The fourth-order valence-electron chi connectivity index (χ4n) is 3.55. The van der Waals surface area contributed by atoms with Gasteiger partial charge >= 0.3 is 11.9 Å². The largest absolute Gasteiger partial charge is 0.479 e. The zero-order valence-electron chi connectivity index (χ0n) is 17.6. The topological polar surface area (TPSA) is 112 Å². The second-order valence-electron chi connectivity index (χ2n) is 8.84. The Balaban J connectivity index is 2.54. The highest BCUT2D eigenvalue weighted by molar-refractivity contribution is 6.74. The second kappa shape index (κ2) is 7.87. The Kier molecular flexibility index (Phi) is 6.47. The number of carboxylic acid groups (broad SMARTS) is 1. The van der Waals surface area contributed by atoms with E-state index < -0.39 is 56.2 Å². The molecule has 0 radical (unpaired) electrons. The summed E-state index contributed by atoms with van der Waals surface area (Å²) in [5, 5.41) is 20.8. The van der Waals surface area contributed by atoms with Crippen LogP contribution in [0.15, 0.2) is 12.2 Å². The van der Waals surface area contributed by atoms with Crippen molar-refractivity contribution < 1.29 is 38.4 Å². The molecule has 0 saturated carbocycles. The second-order valence-corrected chi connectivity index (χ2v) is 13.6. The predicted molar refractivity (Wildman–Crippen MR) is 103 cm³/mol. The average Bonchev–Trinajstić information content (AvgIpc) is 2.94. The Hall–Kier alpha value is -1.26. The number of aliphatic carboxylic acids is 1. The molecule has 2 rings (SSSR count). The highest BCUT2D eigenvalue weighted by atomic mass is 28.4. The van der Waals surface area contributed by atoms with Crippen LogP contribution in [0, 0.1) is 11.8 Å². The molecule has 0 aromatic heterocycles. The number of esters is 1. The van der Waals surface area contributed by atoms with Crippen molar-refractivity contribution in [2.24, 2.45) is 11.8 Å². The van der Waals surface area contributed by atoms with Crippen LogP contribution in [0.3, 0.4) is 0 Å². The molecule has 2 aliphatic rings. The summed E-state index contributed by atoms with van der Waals surface area (Å²) in [6.45, 7) is 12.1. The Morgan fingerprint density at radius 3 is 2.36 bits per heavy atom. The molecule has 9 heteroatoms. The van der Waals surface area contributed by atoms with Gasteiger partial charge in [0, 0.05) is 18.4 Å². The van der Waals surface area contributed by atoms with Crippen LogP contribution in [0.1, 0.15) is 27.7 Å². The van der Waals surface area contributed by atoms with Gasteiger partial charge in [0.15, 0.2) is 26.3 Å². The van der Waals surface area contributed by atoms with Gasteiger partial charge in [-0.05, 0) is 31.1 Å². The van der Waals surface area contributed by atoms with E-state index in [-0.39, 0.29) is 5.04 Å². The molecule has 1 saturated heterocycles. The first-order valence-electron chi connectivity index (χ1n) is 9.48. The molecule has 0 spiro atoms. The maximum Gasteiger partial charge on any atom is 0.342 e. The van der Waals surface area contributed by atoms with Crippen LogP contribution >= 0.6 is 0 Å². The van der Waals surface area contributed by atoms with E-state index in [0.717, 1.165) is 0 Å². The maximum atomic E-state index is 12.4.